The lowest BCUT2D eigenvalue weighted by atomic mass is 10.2. The second kappa shape index (κ2) is 8.35. The maximum absolute atomic E-state index is 13.1. The third-order valence-corrected chi connectivity index (χ3v) is 5.29. The van der Waals surface area contributed by atoms with Gasteiger partial charge in [0.2, 0.25) is 10.6 Å². The molecule has 0 unspecified atom stereocenters. The fourth-order valence-corrected chi connectivity index (χ4v) is 3.65. The Kier molecular flexibility index (Phi) is 5.57. The number of alkyl halides is 3. The van der Waals surface area contributed by atoms with E-state index in [4.69, 9.17) is 0 Å². The molecule has 0 bridgehead atoms. The molecule has 2 aromatic heterocycles. The fraction of sp³-hybridized carbons (Fsp3) is 0.0952. The van der Waals surface area contributed by atoms with Crippen LogP contribution in [0.15, 0.2) is 65.5 Å². The second-order valence-electron chi connectivity index (χ2n) is 6.69. The number of carbonyl (C=O) groups is 1. The molecule has 32 heavy (non-hydrogen) atoms. The lowest BCUT2D eigenvalue weighted by molar-refractivity contribution is -0.137. The number of amides is 1. The van der Waals surface area contributed by atoms with Gasteiger partial charge in [0.05, 0.1) is 11.3 Å². The van der Waals surface area contributed by atoms with Crippen molar-refractivity contribution in [3.05, 3.63) is 87.8 Å². The van der Waals surface area contributed by atoms with Gasteiger partial charge in [-0.05, 0) is 25.1 Å². The molecule has 0 aliphatic heterocycles. The molecule has 7 nitrogen and oxygen atoms in total. The number of halogens is 3. The molecule has 4 rings (SSSR count). The third-order valence-electron chi connectivity index (χ3n) is 4.41. The van der Waals surface area contributed by atoms with Crippen molar-refractivity contribution in [2.24, 2.45) is 0 Å². The van der Waals surface area contributed by atoms with Gasteiger partial charge < -0.3 is 0 Å². The highest BCUT2D eigenvalue weighted by Gasteiger charge is 2.30. The lowest BCUT2D eigenvalue weighted by Gasteiger charge is -2.13. The number of hydrogen-bond acceptors (Lipinski definition) is 6. The lowest BCUT2D eigenvalue weighted by Crippen LogP contribution is -2.27. The Morgan fingerprint density at radius 3 is 2.50 bits per heavy atom. The fourth-order valence-electron chi connectivity index (χ4n) is 2.91. The van der Waals surface area contributed by atoms with E-state index in [9.17, 15) is 22.8 Å². The molecule has 0 saturated heterocycles. The summed E-state index contributed by atoms with van der Waals surface area (Å²) < 4.78 is 40.3. The molecular formula is C21H14F3N5O2S. The van der Waals surface area contributed by atoms with E-state index in [1.807, 2.05) is 30.3 Å². The number of hydrogen-bond donors (Lipinski definition) is 1. The average Bonchev–Trinajstić information content (AvgIpc) is 3.22. The van der Waals surface area contributed by atoms with E-state index in [1.165, 1.54) is 19.1 Å². The van der Waals surface area contributed by atoms with Gasteiger partial charge >= 0.3 is 6.18 Å². The van der Waals surface area contributed by atoms with Crippen molar-refractivity contribution in [2.75, 3.05) is 5.32 Å². The molecule has 0 aliphatic rings. The Hall–Kier alpha value is -3.86. The van der Waals surface area contributed by atoms with Gasteiger partial charge in [-0.15, -0.1) is 10.2 Å². The molecular weight excluding hydrogens is 443 g/mol. The normalized spacial score (nSPS) is 11.4. The van der Waals surface area contributed by atoms with Gasteiger partial charge in [0.1, 0.15) is 5.01 Å². The summed E-state index contributed by atoms with van der Waals surface area (Å²) >= 11 is 1.11. The van der Waals surface area contributed by atoms with Crippen LogP contribution in [0.4, 0.5) is 18.3 Å². The Bertz CT molecular complexity index is 1350. The SMILES string of the molecule is Cc1cc(=O)c(C(=O)Nc2nnc(-c3ccccc3)s2)nn1-c1cccc(C(F)(F)F)c1. The van der Waals surface area contributed by atoms with E-state index in [-0.39, 0.29) is 16.5 Å². The molecule has 0 radical (unpaired) electrons. The summed E-state index contributed by atoms with van der Waals surface area (Å²) in [5.41, 5.74) is -0.878. The minimum Gasteiger partial charge on any atom is -0.295 e. The van der Waals surface area contributed by atoms with E-state index in [2.05, 4.69) is 20.6 Å². The molecule has 1 amide bonds. The van der Waals surface area contributed by atoms with Crippen LogP contribution < -0.4 is 10.7 Å². The summed E-state index contributed by atoms with van der Waals surface area (Å²) in [6, 6.07) is 14.8. The summed E-state index contributed by atoms with van der Waals surface area (Å²) in [5, 5.41) is 15.1. The largest absolute Gasteiger partial charge is 0.416 e. The van der Waals surface area contributed by atoms with E-state index in [0.29, 0.717) is 5.01 Å². The van der Waals surface area contributed by atoms with Crippen molar-refractivity contribution in [3.63, 3.8) is 0 Å². The van der Waals surface area contributed by atoms with Crippen LogP contribution in [0.2, 0.25) is 0 Å². The first-order valence-corrected chi connectivity index (χ1v) is 10.0. The summed E-state index contributed by atoms with van der Waals surface area (Å²) in [6.45, 7) is 1.51. The summed E-state index contributed by atoms with van der Waals surface area (Å²) in [4.78, 5) is 25.0. The molecule has 0 atom stereocenters. The highest BCUT2D eigenvalue weighted by Crippen LogP contribution is 2.30. The number of nitrogens with one attached hydrogen (secondary N) is 1. The highest BCUT2D eigenvalue weighted by molar-refractivity contribution is 7.18. The Balaban J connectivity index is 1.64. The number of carbonyl (C=O) groups excluding carboxylic acids is 1. The van der Waals surface area contributed by atoms with E-state index in [1.54, 1.807) is 0 Å². The Morgan fingerprint density at radius 2 is 1.78 bits per heavy atom. The summed E-state index contributed by atoms with van der Waals surface area (Å²) in [6.07, 6.45) is -4.54. The first-order valence-electron chi connectivity index (χ1n) is 9.21. The van der Waals surface area contributed by atoms with Gasteiger partial charge in [-0.3, -0.25) is 14.9 Å². The zero-order valence-electron chi connectivity index (χ0n) is 16.4. The van der Waals surface area contributed by atoms with Crippen LogP contribution in [0.5, 0.6) is 0 Å². The Morgan fingerprint density at radius 1 is 1.03 bits per heavy atom. The van der Waals surface area contributed by atoms with E-state index in [0.717, 1.165) is 39.8 Å². The van der Waals surface area contributed by atoms with Gasteiger partial charge in [0.15, 0.2) is 5.69 Å². The number of anilines is 1. The predicted molar refractivity (Wildman–Crippen MR) is 113 cm³/mol. The van der Waals surface area contributed by atoms with Crippen LogP contribution in [0.3, 0.4) is 0 Å². The van der Waals surface area contributed by atoms with Crippen LogP contribution in [0.1, 0.15) is 21.7 Å². The Labute approximate surface area is 183 Å². The van der Waals surface area contributed by atoms with Crippen molar-refractivity contribution in [3.8, 4) is 16.3 Å². The molecule has 1 N–H and O–H groups in total. The molecule has 162 valence electrons. The topological polar surface area (TPSA) is 89.8 Å². The zero-order chi connectivity index (χ0) is 22.9. The van der Waals surface area contributed by atoms with Gasteiger partial charge in [0, 0.05) is 17.3 Å². The standard InChI is InChI=1S/C21H14F3N5O2S/c1-12-10-16(30)17(28-29(12)15-9-5-8-14(11-15)21(22,23)24)18(31)25-20-27-26-19(32-20)13-6-3-2-4-7-13/h2-11H,1H3,(H,25,27,31). The first kappa shape index (κ1) is 21.4. The van der Waals surface area contributed by atoms with Crippen LogP contribution in [-0.4, -0.2) is 25.9 Å². The van der Waals surface area contributed by atoms with Gasteiger partial charge in [-0.2, -0.15) is 18.3 Å². The molecule has 0 saturated carbocycles. The summed E-state index contributed by atoms with van der Waals surface area (Å²) in [7, 11) is 0. The van der Waals surface area contributed by atoms with E-state index >= 15 is 0 Å². The average molecular weight is 457 g/mol. The number of nitrogens with zero attached hydrogens (tertiary/aromatic N) is 4. The molecule has 0 aliphatic carbocycles. The number of rotatable bonds is 4. The zero-order valence-corrected chi connectivity index (χ0v) is 17.2. The minimum absolute atomic E-state index is 0.0636. The molecule has 0 spiro atoms. The van der Waals surface area contributed by atoms with Gasteiger partial charge in [-0.25, -0.2) is 4.68 Å². The maximum Gasteiger partial charge on any atom is 0.416 e. The van der Waals surface area contributed by atoms with Gasteiger partial charge in [0.25, 0.3) is 5.91 Å². The number of benzene rings is 2. The van der Waals surface area contributed by atoms with Crippen molar-refractivity contribution < 1.29 is 18.0 Å². The van der Waals surface area contributed by atoms with Crippen molar-refractivity contribution >= 4 is 22.4 Å². The van der Waals surface area contributed by atoms with Crippen LogP contribution >= 0.6 is 11.3 Å². The summed E-state index contributed by atoms with van der Waals surface area (Å²) in [5.74, 6) is -0.841. The molecule has 2 heterocycles. The van der Waals surface area contributed by atoms with E-state index < -0.39 is 28.8 Å². The van der Waals surface area contributed by atoms with Crippen molar-refractivity contribution in [1.82, 2.24) is 20.0 Å². The first-order chi connectivity index (χ1) is 15.2. The van der Waals surface area contributed by atoms with Crippen LogP contribution in [0, 0.1) is 6.92 Å². The molecule has 0 fully saturated rings. The number of aryl methyl sites for hydroxylation is 1. The van der Waals surface area contributed by atoms with Crippen molar-refractivity contribution in [1.29, 1.82) is 0 Å². The van der Waals surface area contributed by atoms with Crippen molar-refractivity contribution in [2.45, 2.75) is 13.1 Å². The highest BCUT2D eigenvalue weighted by atomic mass is 32.1. The van der Waals surface area contributed by atoms with Crippen LogP contribution in [-0.2, 0) is 6.18 Å². The molecule has 2 aromatic carbocycles. The number of aromatic nitrogens is 4. The monoisotopic (exact) mass is 457 g/mol. The molecule has 11 heteroatoms. The van der Waals surface area contributed by atoms with Gasteiger partial charge in [-0.1, -0.05) is 47.7 Å². The third kappa shape index (κ3) is 4.42. The second-order valence-corrected chi connectivity index (χ2v) is 7.67. The quantitative estimate of drug-likeness (QED) is 0.493. The maximum atomic E-state index is 13.1. The smallest absolute Gasteiger partial charge is 0.295 e. The molecule has 4 aromatic rings. The predicted octanol–water partition coefficient (Wildman–Crippen LogP) is 4.33. The van der Waals surface area contributed by atoms with Crippen LogP contribution in [0.25, 0.3) is 16.3 Å². The minimum atomic E-state index is -4.54.